The first-order chi connectivity index (χ1) is 9.63. The standard InChI is InChI=1S/C15H23N3OS/c1-3-20-12-6-5-11(9-12)18-14-8-10(15(19)17-2)4-7-13(14)16/h4,7-8,11-12,18H,3,5-6,9,16H2,1-2H3,(H,17,19). The van der Waals surface area contributed by atoms with Crippen molar-refractivity contribution in [3.63, 3.8) is 0 Å². The Kier molecular flexibility index (Phi) is 5.17. The van der Waals surface area contributed by atoms with Crippen LogP contribution in [0.25, 0.3) is 0 Å². The van der Waals surface area contributed by atoms with Gasteiger partial charge in [-0.05, 0) is 43.2 Å². The van der Waals surface area contributed by atoms with E-state index in [4.69, 9.17) is 5.73 Å². The summed E-state index contributed by atoms with van der Waals surface area (Å²) in [6.45, 7) is 2.20. The molecule has 1 amide bonds. The smallest absolute Gasteiger partial charge is 0.251 e. The molecule has 1 aliphatic carbocycles. The SMILES string of the molecule is CCSC1CCC(Nc2cc(C(=O)NC)ccc2N)C1. The first kappa shape index (κ1) is 15.0. The third-order valence-electron chi connectivity index (χ3n) is 3.69. The number of hydrogen-bond donors (Lipinski definition) is 3. The van der Waals surface area contributed by atoms with E-state index in [2.05, 4.69) is 17.6 Å². The maximum atomic E-state index is 11.7. The van der Waals surface area contributed by atoms with Crippen LogP contribution in [0.4, 0.5) is 11.4 Å². The highest BCUT2D eigenvalue weighted by Gasteiger charge is 2.24. The number of hydrogen-bond acceptors (Lipinski definition) is 4. The number of amides is 1. The van der Waals surface area contributed by atoms with Crippen LogP contribution in [0.5, 0.6) is 0 Å². The van der Waals surface area contributed by atoms with Crippen LogP contribution in [-0.2, 0) is 0 Å². The molecule has 5 heteroatoms. The van der Waals surface area contributed by atoms with E-state index < -0.39 is 0 Å². The molecule has 2 rings (SSSR count). The number of anilines is 2. The Bertz CT molecular complexity index is 478. The summed E-state index contributed by atoms with van der Waals surface area (Å²) in [5.41, 5.74) is 8.22. The fourth-order valence-electron chi connectivity index (χ4n) is 2.65. The molecule has 1 aliphatic rings. The van der Waals surface area contributed by atoms with Gasteiger partial charge >= 0.3 is 0 Å². The van der Waals surface area contributed by atoms with Gasteiger partial charge in [0.1, 0.15) is 0 Å². The zero-order valence-electron chi connectivity index (χ0n) is 12.1. The number of nitrogen functional groups attached to an aromatic ring is 1. The molecule has 4 N–H and O–H groups in total. The molecular weight excluding hydrogens is 270 g/mol. The first-order valence-electron chi connectivity index (χ1n) is 7.13. The molecule has 1 aromatic rings. The Hall–Kier alpha value is -1.36. The minimum absolute atomic E-state index is 0.0844. The van der Waals surface area contributed by atoms with E-state index in [1.807, 2.05) is 17.8 Å². The summed E-state index contributed by atoms with van der Waals surface area (Å²) >= 11 is 2.03. The molecule has 0 spiro atoms. The number of nitrogens with one attached hydrogen (secondary N) is 2. The van der Waals surface area contributed by atoms with E-state index in [-0.39, 0.29) is 5.91 Å². The van der Waals surface area contributed by atoms with Gasteiger partial charge in [0.05, 0.1) is 11.4 Å². The summed E-state index contributed by atoms with van der Waals surface area (Å²) in [6.07, 6.45) is 3.59. The van der Waals surface area contributed by atoms with Gasteiger partial charge in [0.15, 0.2) is 0 Å². The van der Waals surface area contributed by atoms with Gasteiger partial charge in [-0.15, -0.1) is 0 Å². The van der Waals surface area contributed by atoms with Crippen molar-refractivity contribution in [2.45, 2.75) is 37.5 Å². The maximum absolute atomic E-state index is 11.7. The Balaban J connectivity index is 2.04. The van der Waals surface area contributed by atoms with Gasteiger partial charge in [-0.1, -0.05) is 6.92 Å². The fraction of sp³-hybridized carbons (Fsp3) is 0.533. The maximum Gasteiger partial charge on any atom is 0.251 e. The van der Waals surface area contributed by atoms with Gasteiger partial charge in [0.25, 0.3) is 5.91 Å². The summed E-state index contributed by atoms with van der Waals surface area (Å²) in [5, 5.41) is 6.88. The van der Waals surface area contributed by atoms with Crippen LogP contribution >= 0.6 is 11.8 Å². The van der Waals surface area contributed by atoms with Crippen LogP contribution < -0.4 is 16.4 Å². The molecule has 2 atom stereocenters. The monoisotopic (exact) mass is 293 g/mol. The molecule has 0 radical (unpaired) electrons. The highest BCUT2D eigenvalue weighted by Crippen LogP contribution is 2.32. The topological polar surface area (TPSA) is 67.2 Å². The Labute approximate surface area is 124 Å². The minimum Gasteiger partial charge on any atom is -0.397 e. The van der Waals surface area contributed by atoms with Crippen molar-refractivity contribution in [3.8, 4) is 0 Å². The van der Waals surface area contributed by atoms with E-state index >= 15 is 0 Å². The quantitative estimate of drug-likeness (QED) is 0.730. The van der Waals surface area contributed by atoms with Crippen molar-refractivity contribution >= 4 is 29.0 Å². The van der Waals surface area contributed by atoms with Crippen LogP contribution in [0.3, 0.4) is 0 Å². The van der Waals surface area contributed by atoms with Crippen molar-refractivity contribution in [2.24, 2.45) is 0 Å². The second-order valence-corrected chi connectivity index (χ2v) is 6.69. The van der Waals surface area contributed by atoms with Gasteiger partial charge < -0.3 is 16.4 Å². The fourth-order valence-corrected chi connectivity index (χ4v) is 3.79. The molecule has 1 saturated carbocycles. The van der Waals surface area contributed by atoms with E-state index in [1.165, 1.54) is 25.0 Å². The summed E-state index contributed by atoms with van der Waals surface area (Å²) in [6, 6.07) is 5.85. The molecule has 1 fully saturated rings. The minimum atomic E-state index is -0.0844. The number of benzene rings is 1. The molecule has 1 aromatic carbocycles. The molecule has 4 nitrogen and oxygen atoms in total. The summed E-state index contributed by atoms with van der Waals surface area (Å²) < 4.78 is 0. The van der Waals surface area contributed by atoms with Crippen molar-refractivity contribution < 1.29 is 4.79 Å². The lowest BCUT2D eigenvalue weighted by atomic mass is 10.1. The van der Waals surface area contributed by atoms with Crippen molar-refractivity contribution in [2.75, 3.05) is 23.9 Å². The van der Waals surface area contributed by atoms with E-state index in [9.17, 15) is 4.79 Å². The van der Waals surface area contributed by atoms with Gasteiger partial charge in [0, 0.05) is 23.9 Å². The second kappa shape index (κ2) is 6.88. The Morgan fingerprint density at radius 1 is 1.45 bits per heavy atom. The van der Waals surface area contributed by atoms with Crippen molar-refractivity contribution in [3.05, 3.63) is 23.8 Å². The van der Waals surface area contributed by atoms with Gasteiger partial charge in [-0.2, -0.15) is 11.8 Å². The first-order valence-corrected chi connectivity index (χ1v) is 8.18. The third-order valence-corrected chi connectivity index (χ3v) is 4.92. The van der Waals surface area contributed by atoms with Crippen LogP contribution in [0.15, 0.2) is 18.2 Å². The molecule has 0 aromatic heterocycles. The lowest BCUT2D eigenvalue weighted by Crippen LogP contribution is -2.20. The zero-order valence-corrected chi connectivity index (χ0v) is 12.9. The predicted molar refractivity (Wildman–Crippen MR) is 87.4 cm³/mol. The molecule has 2 unspecified atom stereocenters. The molecule has 110 valence electrons. The number of carbonyl (C=O) groups excluding carboxylic acids is 1. The van der Waals surface area contributed by atoms with E-state index in [0.29, 0.717) is 17.3 Å². The van der Waals surface area contributed by atoms with Crippen LogP contribution in [0.2, 0.25) is 0 Å². The number of rotatable bonds is 5. The largest absolute Gasteiger partial charge is 0.397 e. The van der Waals surface area contributed by atoms with Crippen LogP contribution in [0.1, 0.15) is 36.5 Å². The Morgan fingerprint density at radius 2 is 2.25 bits per heavy atom. The number of thioether (sulfide) groups is 1. The molecular formula is C15H23N3OS. The van der Waals surface area contributed by atoms with E-state index in [0.717, 1.165) is 10.9 Å². The van der Waals surface area contributed by atoms with Gasteiger partial charge in [0.2, 0.25) is 0 Å². The second-order valence-electron chi connectivity index (χ2n) is 5.11. The van der Waals surface area contributed by atoms with Gasteiger partial charge in [-0.25, -0.2) is 0 Å². The third kappa shape index (κ3) is 3.60. The lowest BCUT2D eigenvalue weighted by molar-refractivity contribution is 0.0963. The predicted octanol–water partition coefficient (Wildman–Crippen LogP) is 2.71. The molecule has 0 heterocycles. The van der Waals surface area contributed by atoms with Crippen LogP contribution in [-0.4, -0.2) is 30.0 Å². The summed E-state index contributed by atoms with van der Waals surface area (Å²) in [7, 11) is 1.63. The van der Waals surface area contributed by atoms with Gasteiger partial charge in [-0.3, -0.25) is 4.79 Å². The molecule has 20 heavy (non-hydrogen) atoms. The average molecular weight is 293 g/mol. The lowest BCUT2D eigenvalue weighted by Gasteiger charge is -2.17. The highest BCUT2D eigenvalue weighted by atomic mass is 32.2. The number of carbonyl (C=O) groups is 1. The Morgan fingerprint density at radius 3 is 2.95 bits per heavy atom. The van der Waals surface area contributed by atoms with E-state index in [1.54, 1.807) is 19.2 Å². The zero-order chi connectivity index (χ0) is 14.5. The van der Waals surface area contributed by atoms with Crippen molar-refractivity contribution in [1.82, 2.24) is 5.32 Å². The normalized spacial score (nSPS) is 21.7. The highest BCUT2D eigenvalue weighted by molar-refractivity contribution is 7.99. The summed E-state index contributed by atoms with van der Waals surface area (Å²) in [4.78, 5) is 11.7. The van der Waals surface area contributed by atoms with Crippen molar-refractivity contribution in [1.29, 1.82) is 0 Å². The average Bonchev–Trinajstić information content (AvgIpc) is 2.88. The number of nitrogens with two attached hydrogens (primary N) is 1. The molecule has 0 bridgehead atoms. The van der Waals surface area contributed by atoms with Crippen LogP contribution in [0, 0.1) is 0 Å². The molecule has 0 aliphatic heterocycles. The summed E-state index contributed by atoms with van der Waals surface area (Å²) in [5.74, 6) is 1.09. The molecule has 0 saturated heterocycles.